The fourth-order valence-corrected chi connectivity index (χ4v) is 3.38. The Labute approximate surface area is 132 Å². The van der Waals surface area contributed by atoms with Gasteiger partial charge >= 0.3 is 0 Å². The minimum atomic E-state index is -3.10. The number of benzene rings is 1. The molecular formula is C16H24N2O3S. The van der Waals surface area contributed by atoms with Crippen LogP contribution in [0.4, 0.5) is 5.69 Å². The highest BCUT2D eigenvalue weighted by Gasteiger charge is 2.30. The van der Waals surface area contributed by atoms with Crippen LogP contribution >= 0.6 is 0 Å². The predicted molar refractivity (Wildman–Crippen MR) is 88.8 cm³/mol. The van der Waals surface area contributed by atoms with Gasteiger partial charge < -0.3 is 9.80 Å². The molecule has 0 aromatic heterocycles. The Morgan fingerprint density at radius 3 is 2.73 bits per heavy atom. The lowest BCUT2D eigenvalue weighted by atomic mass is 10.0. The second-order valence-corrected chi connectivity index (χ2v) is 8.37. The molecule has 0 bridgehead atoms. The van der Waals surface area contributed by atoms with Crippen LogP contribution in [0.1, 0.15) is 30.9 Å². The summed E-state index contributed by atoms with van der Waals surface area (Å²) in [5.74, 6) is -0.143. The molecule has 1 atom stereocenters. The van der Waals surface area contributed by atoms with Gasteiger partial charge in [-0.05, 0) is 30.5 Å². The van der Waals surface area contributed by atoms with E-state index in [0.717, 1.165) is 24.1 Å². The SMILES string of the molecule is CN(C)c1cccc(C2CCCN2C(=O)CCS(C)(=O)=O)c1. The molecule has 1 heterocycles. The van der Waals surface area contributed by atoms with Gasteiger partial charge in [-0.1, -0.05) is 12.1 Å². The average molecular weight is 324 g/mol. The van der Waals surface area contributed by atoms with E-state index in [-0.39, 0.29) is 24.1 Å². The molecule has 22 heavy (non-hydrogen) atoms. The van der Waals surface area contributed by atoms with Gasteiger partial charge in [0.1, 0.15) is 9.84 Å². The van der Waals surface area contributed by atoms with E-state index in [1.54, 1.807) is 0 Å². The van der Waals surface area contributed by atoms with Gasteiger partial charge in [0, 0.05) is 39.0 Å². The second kappa shape index (κ2) is 6.69. The lowest BCUT2D eigenvalue weighted by molar-refractivity contribution is -0.131. The highest BCUT2D eigenvalue weighted by atomic mass is 32.2. The fraction of sp³-hybridized carbons (Fsp3) is 0.562. The Morgan fingerprint density at radius 2 is 2.09 bits per heavy atom. The first-order valence-electron chi connectivity index (χ1n) is 7.52. The van der Waals surface area contributed by atoms with Gasteiger partial charge in [-0.3, -0.25) is 4.79 Å². The van der Waals surface area contributed by atoms with Gasteiger partial charge in [-0.15, -0.1) is 0 Å². The minimum Gasteiger partial charge on any atom is -0.378 e. The highest BCUT2D eigenvalue weighted by Crippen LogP contribution is 2.33. The summed E-state index contributed by atoms with van der Waals surface area (Å²) >= 11 is 0. The molecule has 0 aliphatic carbocycles. The number of carbonyl (C=O) groups excluding carboxylic acids is 1. The van der Waals surface area contributed by atoms with E-state index < -0.39 is 9.84 Å². The zero-order chi connectivity index (χ0) is 16.3. The number of nitrogens with zero attached hydrogens (tertiary/aromatic N) is 2. The molecule has 6 heteroatoms. The van der Waals surface area contributed by atoms with Crippen molar-refractivity contribution >= 4 is 21.4 Å². The molecule has 1 unspecified atom stereocenters. The summed E-state index contributed by atoms with van der Waals surface area (Å²) < 4.78 is 22.5. The van der Waals surface area contributed by atoms with Gasteiger partial charge in [0.2, 0.25) is 5.91 Å². The van der Waals surface area contributed by atoms with Crippen molar-refractivity contribution in [3.05, 3.63) is 29.8 Å². The van der Waals surface area contributed by atoms with Crippen LogP contribution in [0.3, 0.4) is 0 Å². The maximum atomic E-state index is 12.3. The van der Waals surface area contributed by atoms with Gasteiger partial charge in [0.05, 0.1) is 11.8 Å². The van der Waals surface area contributed by atoms with Crippen molar-refractivity contribution in [2.24, 2.45) is 0 Å². The third-order valence-electron chi connectivity index (χ3n) is 4.03. The molecular weight excluding hydrogens is 300 g/mol. The second-order valence-electron chi connectivity index (χ2n) is 6.11. The van der Waals surface area contributed by atoms with Crippen molar-refractivity contribution in [2.45, 2.75) is 25.3 Å². The number of amides is 1. The molecule has 1 aliphatic rings. The summed E-state index contributed by atoms with van der Waals surface area (Å²) in [6.45, 7) is 0.708. The highest BCUT2D eigenvalue weighted by molar-refractivity contribution is 7.90. The van der Waals surface area contributed by atoms with Gasteiger partial charge in [-0.25, -0.2) is 8.42 Å². The van der Waals surface area contributed by atoms with Crippen molar-refractivity contribution in [3.8, 4) is 0 Å². The Bertz CT molecular complexity index is 641. The van der Waals surface area contributed by atoms with Gasteiger partial charge in [0.15, 0.2) is 0 Å². The summed E-state index contributed by atoms with van der Waals surface area (Å²) in [6, 6.07) is 8.25. The van der Waals surface area contributed by atoms with Crippen molar-refractivity contribution < 1.29 is 13.2 Å². The molecule has 1 aromatic rings. The molecule has 5 nitrogen and oxygen atoms in total. The van der Waals surface area contributed by atoms with E-state index >= 15 is 0 Å². The van der Waals surface area contributed by atoms with Gasteiger partial charge in [-0.2, -0.15) is 0 Å². The van der Waals surface area contributed by atoms with E-state index in [1.807, 2.05) is 42.1 Å². The molecule has 1 aliphatic heterocycles. The molecule has 0 N–H and O–H groups in total. The van der Waals surface area contributed by atoms with E-state index in [2.05, 4.69) is 6.07 Å². The number of rotatable bonds is 5. The van der Waals surface area contributed by atoms with Gasteiger partial charge in [0.25, 0.3) is 0 Å². The summed E-state index contributed by atoms with van der Waals surface area (Å²) in [6.07, 6.45) is 3.13. The molecule has 0 saturated carbocycles. The Balaban J connectivity index is 2.13. The molecule has 0 spiro atoms. The van der Waals surface area contributed by atoms with Crippen molar-refractivity contribution in [1.82, 2.24) is 4.90 Å². The standard InChI is InChI=1S/C16H24N2O3S/c1-17(2)14-7-4-6-13(12-14)15-8-5-10-18(15)16(19)9-11-22(3,20)21/h4,6-7,12,15H,5,8-11H2,1-3H3. The molecule has 122 valence electrons. The minimum absolute atomic E-state index is 0.0620. The molecule has 1 saturated heterocycles. The predicted octanol–water partition coefficient (Wildman–Crippen LogP) is 1.85. The molecule has 0 radical (unpaired) electrons. The zero-order valence-electron chi connectivity index (χ0n) is 13.4. The van der Waals surface area contributed by atoms with Crippen LogP contribution in [-0.2, 0) is 14.6 Å². The Hall–Kier alpha value is -1.56. The van der Waals surface area contributed by atoms with E-state index in [9.17, 15) is 13.2 Å². The molecule has 1 amide bonds. The van der Waals surface area contributed by atoms with Crippen LogP contribution in [0.5, 0.6) is 0 Å². The number of hydrogen-bond acceptors (Lipinski definition) is 4. The van der Waals surface area contributed by atoms with Crippen molar-refractivity contribution in [2.75, 3.05) is 37.5 Å². The maximum Gasteiger partial charge on any atom is 0.224 e. The average Bonchev–Trinajstić information content (AvgIpc) is 2.93. The van der Waals surface area contributed by atoms with Crippen LogP contribution in [-0.4, -0.2) is 51.9 Å². The normalized spacial score (nSPS) is 18.5. The molecule has 2 rings (SSSR count). The number of hydrogen-bond donors (Lipinski definition) is 0. The van der Waals surface area contributed by atoms with E-state index in [4.69, 9.17) is 0 Å². The zero-order valence-corrected chi connectivity index (χ0v) is 14.3. The van der Waals surface area contributed by atoms with Crippen LogP contribution in [0.25, 0.3) is 0 Å². The lowest BCUT2D eigenvalue weighted by Gasteiger charge is -2.26. The first-order valence-corrected chi connectivity index (χ1v) is 9.58. The lowest BCUT2D eigenvalue weighted by Crippen LogP contribution is -2.31. The van der Waals surface area contributed by atoms with Crippen molar-refractivity contribution in [3.63, 3.8) is 0 Å². The molecule has 1 aromatic carbocycles. The van der Waals surface area contributed by atoms with Crippen LogP contribution in [0.15, 0.2) is 24.3 Å². The third kappa shape index (κ3) is 4.22. The fourth-order valence-electron chi connectivity index (χ4n) is 2.84. The first kappa shape index (κ1) is 16.8. The van der Waals surface area contributed by atoms with E-state index in [0.29, 0.717) is 6.54 Å². The van der Waals surface area contributed by atoms with Crippen LogP contribution < -0.4 is 4.90 Å². The third-order valence-corrected chi connectivity index (χ3v) is 4.98. The van der Waals surface area contributed by atoms with Crippen LogP contribution in [0.2, 0.25) is 0 Å². The van der Waals surface area contributed by atoms with Crippen molar-refractivity contribution in [1.29, 1.82) is 0 Å². The number of carbonyl (C=O) groups is 1. The summed E-state index contributed by atoms with van der Waals surface area (Å²) in [7, 11) is 0.875. The molecule has 1 fully saturated rings. The smallest absolute Gasteiger partial charge is 0.224 e. The first-order chi connectivity index (χ1) is 10.3. The van der Waals surface area contributed by atoms with E-state index in [1.165, 1.54) is 6.26 Å². The topological polar surface area (TPSA) is 57.7 Å². The summed E-state index contributed by atoms with van der Waals surface area (Å²) in [5, 5.41) is 0. The number of likely N-dealkylation sites (tertiary alicyclic amines) is 1. The largest absolute Gasteiger partial charge is 0.378 e. The monoisotopic (exact) mass is 324 g/mol. The summed E-state index contributed by atoms with van der Waals surface area (Å²) in [4.78, 5) is 16.2. The number of anilines is 1. The summed E-state index contributed by atoms with van der Waals surface area (Å²) in [5.41, 5.74) is 2.23. The Kier molecular flexibility index (Phi) is 5.11. The maximum absolute atomic E-state index is 12.3. The van der Waals surface area contributed by atoms with Crippen LogP contribution in [0, 0.1) is 0 Å². The Morgan fingerprint density at radius 1 is 1.36 bits per heavy atom. The quantitative estimate of drug-likeness (QED) is 0.829. The number of sulfone groups is 1.